The zero-order chi connectivity index (χ0) is 20.1. The molecule has 0 amide bonds. The summed E-state index contributed by atoms with van der Waals surface area (Å²) in [7, 11) is 2.03. The van der Waals surface area contributed by atoms with Gasteiger partial charge in [-0.25, -0.2) is 0 Å². The number of ketones is 1. The zero-order valence-electron chi connectivity index (χ0n) is 17.0. The first-order valence-electron chi connectivity index (χ1n) is 9.30. The topological polar surface area (TPSA) is 35.5 Å². The Morgan fingerprint density at radius 2 is 1.63 bits per heavy atom. The number of carbonyl (C=O) groups excluding carboxylic acids is 1. The molecular formula is C23H29BO3. The molecular weight excluding hydrogens is 335 g/mol. The van der Waals surface area contributed by atoms with Crippen LogP contribution in [0, 0.1) is 0 Å². The number of ether oxygens (including phenoxy) is 2. The van der Waals surface area contributed by atoms with Gasteiger partial charge in [0.05, 0.1) is 12.1 Å². The third-order valence-corrected chi connectivity index (χ3v) is 4.46. The molecule has 0 heterocycles. The number of benzene rings is 2. The van der Waals surface area contributed by atoms with Gasteiger partial charge >= 0.3 is 0 Å². The fourth-order valence-corrected chi connectivity index (χ4v) is 2.89. The molecule has 2 rings (SSSR count). The molecule has 0 aliphatic carbocycles. The number of carbonyl (C=O) groups is 1. The minimum atomic E-state index is -0.871. The van der Waals surface area contributed by atoms with Gasteiger partial charge in [0.15, 0.2) is 13.6 Å². The molecule has 0 saturated heterocycles. The van der Waals surface area contributed by atoms with Gasteiger partial charge in [-0.1, -0.05) is 55.1 Å². The lowest BCUT2D eigenvalue weighted by atomic mass is 9.80. The summed E-state index contributed by atoms with van der Waals surface area (Å²) in [6.07, 6.45) is 0.656. The molecule has 2 aromatic rings. The van der Waals surface area contributed by atoms with Gasteiger partial charge in [0.2, 0.25) is 0 Å². The summed E-state index contributed by atoms with van der Waals surface area (Å²) in [6.45, 7) is 11.4. The fraction of sp³-hybridized carbons (Fsp3) is 0.348. The van der Waals surface area contributed by atoms with E-state index >= 15 is 0 Å². The van der Waals surface area contributed by atoms with Crippen LogP contribution in [0.4, 0.5) is 0 Å². The van der Waals surface area contributed by atoms with Crippen LogP contribution in [0.3, 0.4) is 0 Å². The first kappa shape index (κ1) is 21.0. The molecule has 1 atom stereocenters. The van der Waals surface area contributed by atoms with Crippen molar-refractivity contribution in [1.82, 2.24) is 0 Å². The van der Waals surface area contributed by atoms with E-state index in [0.29, 0.717) is 18.6 Å². The van der Waals surface area contributed by atoms with Crippen LogP contribution in [0.1, 0.15) is 34.1 Å². The van der Waals surface area contributed by atoms with Crippen LogP contribution in [-0.4, -0.2) is 31.3 Å². The monoisotopic (exact) mass is 364 g/mol. The molecule has 0 bridgehead atoms. The standard InChI is InChI=1S/C23H29BO3/c1-17(2)21(25)22(3,4)26-16-15-23(5,24)27-20-14-10-9-13-19(20)18-11-7-6-8-12-18/h6-14H,1,15-16,24H2,2-5H3. The summed E-state index contributed by atoms with van der Waals surface area (Å²) < 4.78 is 12.2. The summed E-state index contributed by atoms with van der Waals surface area (Å²) in [5.74, 6) is 0.765. The van der Waals surface area contributed by atoms with Crippen molar-refractivity contribution in [2.75, 3.05) is 6.61 Å². The third-order valence-electron chi connectivity index (χ3n) is 4.46. The van der Waals surface area contributed by atoms with Gasteiger partial charge in [0.1, 0.15) is 11.4 Å². The van der Waals surface area contributed by atoms with Gasteiger partial charge in [-0.05, 0) is 44.9 Å². The molecule has 0 radical (unpaired) electrons. The molecule has 142 valence electrons. The van der Waals surface area contributed by atoms with Crippen LogP contribution in [0.5, 0.6) is 5.75 Å². The Hall–Kier alpha value is -2.33. The van der Waals surface area contributed by atoms with Crippen LogP contribution in [-0.2, 0) is 9.53 Å². The number of hydrogen-bond donors (Lipinski definition) is 0. The SMILES string of the molecule is BC(C)(CCOC(C)(C)C(=O)C(=C)C)Oc1ccccc1-c1ccccc1. The molecule has 0 saturated carbocycles. The van der Waals surface area contributed by atoms with Crippen molar-refractivity contribution in [3.8, 4) is 16.9 Å². The van der Waals surface area contributed by atoms with Gasteiger partial charge in [0.25, 0.3) is 0 Å². The summed E-state index contributed by atoms with van der Waals surface area (Å²) in [5, 5.41) is 0. The zero-order valence-corrected chi connectivity index (χ0v) is 17.0. The summed E-state index contributed by atoms with van der Waals surface area (Å²) in [4.78, 5) is 12.2. The Kier molecular flexibility index (Phi) is 6.66. The lowest BCUT2D eigenvalue weighted by molar-refractivity contribution is -0.137. The number of Topliss-reactive ketones (excluding diaryl/α,β-unsaturated/α-hetero) is 1. The predicted octanol–water partition coefficient (Wildman–Crippen LogP) is 4.41. The van der Waals surface area contributed by atoms with Crippen LogP contribution in [0.25, 0.3) is 11.1 Å². The molecule has 0 aliphatic heterocycles. The second-order valence-corrected chi connectivity index (χ2v) is 7.94. The highest BCUT2D eigenvalue weighted by Gasteiger charge is 2.30. The van der Waals surface area contributed by atoms with Crippen LogP contribution >= 0.6 is 0 Å². The van der Waals surface area contributed by atoms with E-state index < -0.39 is 11.1 Å². The fourth-order valence-electron chi connectivity index (χ4n) is 2.89. The van der Waals surface area contributed by atoms with Crippen molar-refractivity contribution in [2.24, 2.45) is 0 Å². The lowest BCUT2D eigenvalue weighted by Crippen LogP contribution is -2.39. The quantitative estimate of drug-likeness (QED) is 0.488. The van der Waals surface area contributed by atoms with E-state index in [1.54, 1.807) is 20.8 Å². The number of rotatable bonds is 9. The molecule has 27 heavy (non-hydrogen) atoms. The highest BCUT2D eigenvalue weighted by molar-refractivity contribution is 6.14. The Balaban J connectivity index is 2.05. The van der Waals surface area contributed by atoms with Crippen LogP contribution in [0.2, 0.25) is 0 Å². The molecule has 0 fully saturated rings. The van der Waals surface area contributed by atoms with Crippen molar-refractivity contribution < 1.29 is 14.3 Å². The van der Waals surface area contributed by atoms with Gasteiger partial charge in [-0.2, -0.15) is 0 Å². The first-order chi connectivity index (χ1) is 12.6. The van der Waals surface area contributed by atoms with E-state index in [4.69, 9.17) is 9.47 Å². The molecule has 0 aliphatic rings. The smallest absolute Gasteiger partial charge is 0.189 e. The normalized spacial score (nSPS) is 13.6. The van der Waals surface area contributed by atoms with Crippen molar-refractivity contribution in [3.63, 3.8) is 0 Å². The maximum absolute atomic E-state index is 12.2. The summed E-state index contributed by atoms with van der Waals surface area (Å²) >= 11 is 0. The lowest BCUT2D eigenvalue weighted by Gasteiger charge is -2.30. The molecule has 0 N–H and O–H groups in total. The molecule has 1 unspecified atom stereocenters. The molecule has 3 nitrogen and oxygen atoms in total. The van der Waals surface area contributed by atoms with E-state index in [2.05, 4.69) is 24.8 Å². The largest absolute Gasteiger partial charge is 0.496 e. The maximum Gasteiger partial charge on any atom is 0.189 e. The summed E-state index contributed by atoms with van der Waals surface area (Å²) in [6, 6.07) is 18.2. The first-order valence-corrected chi connectivity index (χ1v) is 9.30. The van der Waals surface area contributed by atoms with Crippen LogP contribution < -0.4 is 4.74 Å². The Morgan fingerprint density at radius 1 is 1.04 bits per heavy atom. The average Bonchev–Trinajstić information content (AvgIpc) is 2.61. The maximum atomic E-state index is 12.2. The Bertz CT molecular complexity index is 794. The Labute approximate surface area is 163 Å². The van der Waals surface area contributed by atoms with Gasteiger partial charge in [0, 0.05) is 12.0 Å². The predicted molar refractivity (Wildman–Crippen MR) is 114 cm³/mol. The Morgan fingerprint density at radius 3 is 2.26 bits per heavy atom. The van der Waals surface area contributed by atoms with E-state index in [0.717, 1.165) is 16.9 Å². The van der Waals surface area contributed by atoms with E-state index in [9.17, 15) is 4.79 Å². The average molecular weight is 364 g/mol. The van der Waals surface area contributed by atoms with Crippen LogP contribution in [0.15, 0.2) is 66.7 Å². The van der Waals surface area contributed by atoms with Crippen molar-refractivity contribution >= 4 is 13.6 Å². The molecule has 0 spiro atoms. The van der Waals surface area contributed by atoms with Crippen molar-refractivity contribution in [1.29, 1.82) is 0 Å². The number of hydrogen-bond acceptors (Lipinski definition) is 3. The van der Waals surface area contributed by atoms with Gasteiger partial charge < -0.3 is 9.47 Å². The highest BCUT2D eigenvalue weighted by atomic mass is 16.5. The third kappa shape index (κ3) is 5.83. The van der Waals surface area contributed by atoms with Gasteiger partial charge in [-0.3, -0.25) is 4.79 Å². The second-order valence-electron chi connectivity index (χ2n) is 7.94. The van der Waals surface area contributed by atoms with Gasteiger partial charge in [-0.15, -0.1) is 0 Å². The molecule has 2 aromatic carbocycles. The van der Waals surface area contributed by atoms with E-state index in [1.165, 1.54) is 0 Å². The highest BCUT2D eigenvalue weighted by Crippen LogP contribution is 2.32. The summed E-state index contributed by atoms with van der Waals surface area (Å²) in [5.41, 5.74) is 1.38. The second kappa shape index (κ2) is 8.58. The number of para-hydroxylation sites is 1. The molecule has 0 aromatic heterocycles. The van der Waals surface area contributed by atoms with E-state index in [-0.39, 0.29) is 5.78 Å². The van der Waals surface area contributed by atoms with Crippen molar-refractivity contribution in [2.45, 2.75) is 45.2 Å². The minimum absolute atomic E-state index is 0.0735. The molecule has 4 heteroatoms. The van der Waals surface area contributed by atoms with E-state index in [1.807, 2.05) is 51.2 Å². The van der Waals surface area contributed by atoms with Crippen molar-refractivity contribution in [3.05, 3.63) is 66.7 Å². The minimum Gasteiger partial charge on any atom is -0.496 e.